The van der Waals surface area contributed by atoms with Gasteiger partial charge in [0.2, 0.25) is 0 Å². The maximum atomic E-state index is 13.9. The number of β-amino-alcohol motifs (C(OH)–C–C–N with tert-alkyl or cyclic N) is 1. The zero-order chi connectivity index (χ0) is 19.4. The fourth-order valence-corrected chi connectivity index (χ4v) is 4.29. The Labute approximate surface area is 160 Å². The van der Waals surface area contributed by atoms with Gasteiger partial charge in [0, 0.05) is 51.9 Å². The number of aliphatic carboxylic acids is 1. The molecule has 3 rings (SSSR count). The minimum atomic E-state index is -0.922. The first-order valence-corrected chi connectivity index (χ1v) is 9.79. The molecule has 1 aromatic rings. The monoisotopic (exact) mass is 379 g/mol. The van der Waals surface area contributed by atoms with E-state index in [1.54, 1.807) is 19.1 Å². The summed E-state index contributed by atoms with van der Waals surface area (Å²) >= 11 is 0. The number of nitrogens with zero attached hydrogens (tertiary/aromatic N) is 3. The van der Waals surface area contributed by atoms with Crippen LogP contribution in [0.25, 0.3) is 0 Å². The molecule has 0 spiro atoms. The van der Waals surface area contributed by atoms with Crippen LogP contribution in [0.3, 0.4) is 0 Å². The number of piperazine rings is 1. The van der Waals surface area contributed by atoms with E-state index in [2.05, 4.69) is 9.80 Å². The summed E-state index contributed by atoms with van der Waals surface area (Å²) in [5.74, 6) is -1.27. The number of likely N-dealkylation sites (tertiary alicyclic amines) is 1. The molecule has 1 aromatic carbocycles. The number of halogens is 1. The van der Waals surface area contributed by atoms with Crippen molar-refractivity contribution in [1.82, 2.24) is 14.7 Å². The van der Waals surface area contributed by atoms with Crippen molar-refractivity contribution < 1.29 is 19.4 Å². The lowest BCUT2D eigenvalue weighted by atomic mass is 9.97. The third-order valence-corrected chi connectivity index (χ3v) is 5.95. The van der Waals surface area contributed by atoms with Crippen molar-refractivity contribution in [3.63, 3.8) is 0 Å². The van der Waals surface area contributed by atoms with Gasteiger partial charge >= 0.3 is 5.97 Å². The van der Waals surface area contributed by atoms with Crippen molar-refractivity contribution in [2.24, 2.45) is 0 Å². The predicted molar refractivity (Wildman–Crippen MR) is 101 cm³/mol. The molecule has 0 aromatic heterocycles. The highest BCUT2D eigenvalue weighted by Crippen LogP contribution is 2.28. The first kappa shape index (κ1) is 20.2. The fraction of sp³-hybridized carbons (Fsp3) is 0.650. The number of hydrogen-bond acceptors (Lipinski definition) is 5. The Morgan fingerprint density at radius 2 is 1.85 bits per heavy atom. The molecule has 2 saturated heterocycles. The Balaban J connectivity index is 1.58. The lowest BCUT2D eigenvalue weighted by molar-refractivity contribution is -0.144. The van der Waals surface area contributed by atoms with Crippen molar-refractivity contribution >= 4 is 5.97 Å². The van der Waals surface area contributed by atoms with Crippen LogP contribution in [0.5, 0.6) is 0 Å². The van der Waals surface area contributed by atoms with Crippen LogP contribution in [0.1, 0.15) is 30.0 Å². The Morgan fingerprint density at radius 1 is 1.19 bits per heavy atom. The Kier molecular flexibility index (Phi) is 6.81. The topological polar surface area (TPSA) is 67.2 Å². The number of aryl methyl sites for hydroxylation is 1. The molecule has 6 nitrogen and oxygen atoms in total. The second-order valence-electron chi connectivity index (χ2n) is 7.62. The van der Waals surface area contributed by atoms with Gasteiger partial charge in [-0.25, -0.2) is 4.39 Å². The van der Waals surface area contributed by atoms with Crippen LogP contribution >= 0.6 is 0 Å². The van der Waals surface area contributed by atoms with Crippen LogP contribution in [0, 0.1) is 12.7 Å². The maximum Gasteiger partial charge on any atom is 0.325 e. The van der Waals surface area contributed by atoms with E-state index in [0.717, 1.165) is 45.6 Å². The van der Waals surface area contributed by atoms with Crippen LogP contribution in [-0.2, 0) is 4.79 Å². The quantitative estimate of drug-likeness (QED) is 0.778. The standard InChI is InChI=1S/C20H30FN3O3/c1-15-2-3-16(14-18(15)21)19(20(26)27)24-6-4-17(5-7-24)23-10-8-22(9-11-23)12-13-25/h2-3,14,17,19,25H,4-13H2,1H3,(H,26,27). The molecule has 0 aliphatic carbocycles. The van der Waals surface area contributed by atoms with E-state index >= 15 is 0 Å². The van der Waals surface area contributed by atoms with Crippen LogP contribution < -0.4 is 0 Å². The highest BCUT2D eigenvalue weighted by Gasteiger charge is 2.33. The number of piperidine rings is 1. The Hall–Kier alpha value is -1.54. The van der Waals surface area contributed by atoms with Gasteiger partial charge in [-0.3, -0.25) is 19.5 Å². The minimum absolute atomic E-state index is 0.203. The summed E-state index contributed by atoms with van der Waals surface area (Å²) < 4.78 is 13.9. The third kappa shape index (κ3) is 4.85. The summed E-state index contributed by atoms with van der Waals surface area (Å²) in [6, 6.07) is 4.42. The number of benzene rings is 1. The molecule has 0 radical (unpaired) electrons. The van der Waals surface area contributed by atoms with Gasteiger partial charge < -0.3 is 10.2 Å². The normalized spacial score (nSPS) is 22.0. The summed E-state index contributed by atoms with van der Waals surface area (Å²) in [6.45, 7) is 7.96. The summed E-state index contributed by atoms with van der Waals surface area (Å²) in [4.78, 5) is 18.6. The Bertz CT molecular complexity index is 641. The van der Waals surface area contributed by atoms with Gasteiger partial charge in [-0.05, 0) is 37.0 Å². The summed E-state index contributed by atoms with van der Waals surface area (Å²) in [5.41, 5.74) is 1.05. The van der Waals surface area contributed by atoms with Crippen LogP contribution in [-0.4, -0.2) is 89.3 Å². The molecule has 2 aliphatic heterocycles. The molecular weight excluding hydrogens is 349 g/mol. The van der Waals surface area contributed by atoms with E-state index < -0.39 is 12.0 Å². The molecule has 27 heavy (non-hydrogen) atoms. The molecule has 7 heteroatoms. The molecule has 0 saturated carbocycles. The number of aliphatic hydroxyl groups excluding tert-OH is 1. The molecule has 0 bridgehead atoms. The second kappa shape index (κ2) is 9.10. The average molecular weight is 379 g/mol. The number of carboxylic acid groups (broad SMARTS) is 1. The van der Waals surface area contributed by atoms with E-state index in [9.17, 15) is 14.3 Å². The van der Waals surface area contributed by atoms with E-state index in [0.29, 0.717) is 30.3 Å². The van der Waals surface area contributed by atoms with E-state index in [1.807, 2.05) is 4.90 Å². The number of hydrogen-bond donors (Lipinski definition) is 2. The summed E-state index contributed by atoms with van der Waals surface area (Å²) in [7, 11) is 0. The van der Waals surface area contributed by atoms with Crippen molar-refractivity contribution in [1.29, 1.82) is 0 Å². The smallest absolute Gasteiger partial charge is 0.325 e. The number of aliphatic hydroxyl groups is 1. The van der Waals surface area contributed by atoms with Gasteiger partial charge in [0.15, 0.2) is 0 Å². The molecule has 2 aliphatic rings. The van der Waals surface area contributed by atoms with E-state index in [4.69, 9.17) is 5.11 Å². The molecule has 2 heterocycles. The molecule has 2 fully saturated rings. The summed E-state index contributed by atoms with van der Waals surface area (Å²) in [6.07, 6.45) is 1.86. The number of carbonyl (C=O) groups is 1. The van der Waals surface area contributed by atoms with Gasteiger partial charge in [0.1, 0.15) is 11.9 Å². The van der Waals surface area contributed by atoms with Crippen LogP contribution in [0.15, 0.2) is 18.2 Å². The molecule has 0 amide bonds. The minimum Gasteiger partial charge on any atom is -0.480 e. The average Bonchev–Trinajstić information content (AvgIpc) is 2.66. The molecule has 2 N–H and O–H groups in total. The molecular formula is C20H30FN3O3. The van der Waals surface area contributed by atoms with E-state index in [1.165, 1.54) is 6.07 Å². The summed E-state index contributed by atoms with van der Waals surface area (Å²) in [5, 5.41) is 18.8. The van der Waals surface area contributed by atoms with E-state index in [-0.39, 0.29) is 12.4 Å². The van der Waals surface area contributed by atoms with Gasteiger partial charge in [0.25, 0.3) is 0 Å². The third-order valence-electron chi connectivity index (χ3n) is 5.95. The Morgan fingerprint density at radius 3 is 2.41 bits per heavy atom. The lowest BCUT2D eigenvalue weighted by Crippen LogP contribution is -2.54. The highest BCUT2D eigenvalue weighted by atomic mass is 19.1. The maximum absolute atomic E-state index is 13.9. The zero-order valence-electron chi connectivity index (χ0n) is 16.0. The van der Waals surface area contributed by atoms with Crippen LogP contribution in [0.2, 0.25) is 0 Å². The molecule has 150 valence electrons. The van der Waals surface area contributed by atoms with Gasteiger partial charge in [0.05, 0.1) is 6.61 Å². The molecule has 1 atom stereocenters. The van der Waals surface area contributed by atoms with Crippen molar-refractivity contribution in [3.05, 3.63) is 35.1 Å². The van der Waals surface area contributed by atoms with Crippen molar-refractivity contribution in [3.8, 4) is 0 Å². The van der Waals surface area contributed by atoms with Crippen LogP contribution in [0.4, 0.5) is 4.39 Å². The second-order valence-corrected chi connectivity index (χ2v) is 7.62. The van der Waals surface area contributed by atoms with Crippen molar-refractivity contribution in [2.45, 2.75) is 31.8 Å². The lowest BCUT2D eigenvalue weighted by Gasteiger charge is -2.43. The SMILES string of the molecule is Cc1ccc(C(C(=O)O)N2CCC(N3CCN(CCO)CC3)CC2)cc1F. The first-order valence-electron chi connectivity index (χ1n) is 9.79. The predicted octanol–water partition coefficient (Wildman–Crippen LogP) is 1.33. The van der Waals surface area contributed by atoms with Gasteiger partial charge in [-0.1, -0.05) is 12.1 Å². The zero-order valence-corrected chi connectivity index (χ0v) is 16.0. The highest BCUT2D eigenvalue weighted by molar-refractivity contribution is 5.75. The number of rotatable bonds is 6. The van der Waals surface area contributed by atoms with Gasteiger partial charge in [-0.2, -0.15) is 0 Å². The van der Waals surface area contributed by atoms with Crippen molar-refractivity contribution in [2.75, 3.05) is 52.4 Å². The first-order chi connectivity index (χ1) is 13.0. The van der Waals surface area contributed by atoms with Gasteiger partial charge in [-0.15, -0.1) is 0 Å². The number of carboxylic acids is 1. The molecule has 1 unspecified atom stereocenters. The largest absolute Gasteiger partial charge is 0.480 e. The fourth-order valence-electron chi connectivity index (χ4n) is 4.29.